The van der Waals surface area contributed by atoms with Crippen LogP contribution in [-0.4, -0.2) is 4.98 Å². The molecule has 0 aliphatic carbocycles. The zero-order valence-electron chi connectivity index (χ0n) is 9.55. The second kappa shape index (κ2) is 5.51. The van der Waals surface area contributed by atoms with Gasteiger partial charge in [-0.2, -0.15) is 5.26 Å². The highest BCUT2D eigenvalue weighted by molar-refractivity contribution is 7.98. The molecule has 0 aliphatic heterocycles. The van der Waals surface area contributed by atoms with Crippen LogP contribution in [0.3, 0.4) is 0 Å². The molecular formula is C14H12N2S. The third-order valence-electron chi connectivity index (χ3n) is 2.35. The lowest BCUT2D eigenvalue weighted by Crippen LogP contribution is -1.84. The first-order chi connectivity index (χ1) is 8.28. The van der Waals surface area contributed by atoms with Crippen LogP contribution in [-0.2, 0) is 5.75 Å². The molecule has 0 saturated heterocycles. The van der Waals surface area contributed by atoms with E-state index in [2.05, 4.69) is 17.1 Å². The van der Waals surface area contributed by atoms with E-state index in [-0.39, 0.29) is 0 Å². The molecule has 3 heteroatoms. The standard InChI is InChI=1S/C14H12N2S/c1-11-2-7-14(16-9-11)17-10-13-5-3-12(8-15)4-6-13/h2-7,9H,10H2,1H3. The Morgan fingerprint density at radius 1 is 1.18 bits per heavy atom. The van der Waals surface area contributed by atoms with E-state index in [4.69, 9.17) is 5.26 Å². The number of thioether (sulfide) groups is 1. The maximum absolute atomic E-state index is 8.70. The fraction of sp³-hybridized carbons (Fsp3) is 0.143. The molecule has 0 amide bonds. The Kier molecular flexibility index (Phi) is 3.79. The van der Waals surface area contributed by atoms with Crippen molar-refractivity contribution < 1.29 is 0 Å². The van der Waals surface area contributed by atoms with Gasteiger partial charge < -0.3 is 0 Å². The summed E-state index contributed by atoms with van der Waals surface area (Å²) in [5.41, 5.74) is 3.08. The van der Waals surface area contributed by atoms with Gasteiger partial charge >= 0.3 is 0 Å². The van der Waals surface area contributed by atoms with Gasteiger partial charge in [0.05, 0.1) is 16.7 Å². The molecule has 1 aromatic carbocycles. The molecule has 0 spiro atoms. The molecule has 17 heavy (non-hydrogen) atoms. The molecular weight excluding hydrogens is 228 g/mol. The van der Waals surface area contributed by atoms with Crippen molar-refractivity contribution in [1.82, 2.24) is 4.98 Å². The fourth-order valence-corrected chi connectivity index (χ4v) is 2.17. The van der Waals surface area contributed by atoms with Crippen molar-refractivity contribution in [2.75, 3.05) is 0 Å². The van der Waals surface area contributed by atoms with E-state index in [1.165, 1.54) is 11.1 Å². The van der Waals surface area contributed by atoms with Crippen molar-refractivity contribution in [3.05, 3.63) is 59.3 Å². The van der Waals surface area contributed by atoms with Gasteiger partial charge in [-0.3, -0.25) is 0 Å². The lowest BCUT2D eigenvalue weighted by atomic mass is 10.2. The van der Waals surface area contributed by atoms with Gasteiger partial charge in [-0.1, -0.05) is 18.2 Å². The molecule has 0 radical (unpaired) electrons. The van der Waals surface area contributed by atoms with Crippen molar-refractivity contribution in [3.8, 4) is 6.07 Å². The van der Waals surface area contributed by atoms with E-state index in [1.807, 2.05) is 43.5 Å². The van der Waals surface area contributed by atoms with Crippen LogP contribution in [0.15, 0.2) is 47.6 Å². The Morgan fingerprint density at radius 3 is 2.53 bits per heavy atom. The number of hydrogen-bond acceptors (Lipinski definition) is 3. The van der Waals surface area contributed by atoms with E-state index in [0.717, 1.165) is 10.8 Å². The predicted octanol–water partition coefficient (Wildman–Crippen LogP) is 3.55. The van der Waals surface area contributed by atoms with Crippen molar-refractivity contribution >= 4 is 11.8 Å². The van der Waals surface area contributed by atoms with Crippen LogP contribution in [0.1, 0.15) is 16.7 Å². The zero-order chi connectivity index (χ0) is 12.1. The molecule has 2 aromatic rings. The predicted molar refractivity (Wildman–Crippen MR) is 69.7 cm³/mol. The highest BCUT2D eigenvalue weighted by atomic mass is 32.2. The Hall–Kier alpha value is -1.79. The average Bonchev–Trinajstić information content (AvgIpc) is 2.39. The van der Waals surface area contributed by atoms with Crippen LogP contribution in [0.5, 0.6) is 0 Å². The van der Waals surface area contributed by atoms with Gasteiger partial charge in [0.1, 0.15) is 0 Å². The lowest BCUT2D eigenvalue weighted by molar-refractivity contribution is 1.11. The minimum Gasteiger partial charge on any atom is -0.250 e. The number of pyridine rings is 1. The lowest BCUT2D eigenvalue weighted by Gasteiger charge is -2.01. The normalized spacial score (nSPS) is 9.88. The van der Waals surface area contributed by atoms with E-state index in [1.54, 1.807) is 11.8 Å². The zero-order valence-corrected chi connectivity index (χ0v) is 10.4. The fourth-order valence-electron chi connectivity index (χ4n) is 1.37. The number of benzene rings is 1. The second-order valence-corrected chi connectivity index (χ2v) is 4.77. The van der Waals surface area contributed by atoms with Gasteiger partial charge in [0.2, 0.25) is 0 Å². The first-order valence-electron chi connectivity index (χ1n) is 5.32. The van der Waals surface area contributed by atoms with Gasteiger partial charge in [-0.25, -0.2) is 4.98 Å². The number of hydrogen-bond donors (Lipinski definition) is 0. The summed E-state index contributed by atoms with van der Waals surface area (Å²) in [6, 6.07) is 13.9. The molecule has 0 saturated carbocycles. The van der Waals surface area contributed by atoms with Gasteiger partial charge in [0.25, 0.3) is 0 Å². The highest BCUT2D eigenvalue weighted by Crippen LogP contribution is 2.20. The first kappa shape index (κ1) is 11.7. The summed E-state index contributed by atoms with van der Waals surface area (Å²) in [4.78, 5) is 4.34. The topological polar surface area (TPSA) is 36.7 Å². The second-order valence-electron chi connectivity index (χ2n) is 3.77. The molecule has 0 fully saturated rings. The maximum atomic E-state index is 8.70. The van der Waals surface area contributed by atoms with E-state index in [0.29, 0.717) is 5.56 Å². The molecule has 84 valence electrons. The van der Waals surface area contributed by atoms with Gasteiger partial charge in [0.15, 0.2) is 0 Å². The summed E-state index contributed by atoms with van der Waals surface area (Å²) < 4.78 is 0. The van der Waals surface area contributed by atoms with Gasteiger partial charge in [-0.15, -0.1) is 11.8 Å². The third-order valence-corrected chi connectivity index (χ3v) is 3.37. The molecule has 0 aliphatic rings. The Morgan fingerprint density at radius 2 is 1.94 bits per heavy atom. The smallest absolute Gasteiger partial charge is 0.0991 e. The molecule has 0 N–H and O–H groups in total. The molecule has 2 rings (SSSR count). The van der Waals surface area contributed by atoms with E-state index < -0.39 is 0 Å². The van der Waals surface area contributed by atoms with E-state index in [9.17, 15) is 0 Å². The number of rotatable bonds is 3. The molecule has 0 unspecified atom stereocenters. The Balaban J connectivity index is 1.98. The van der Waals surface area contributed by atoms with Crippen LogP contribution in [0.2, 0.25) is 0 Å². The van der Waals surface area contributed by atoms with Crippen molar-refractivity contribution in [3.63, 3.8) is 0 Å². The maximum Gasteiger partial charge on any atom is 0.0991 e. The number of nitriles is 1. The Labute approximate surface area is 105 Å². The summed E-state index contributed by atoms with van der Waals surface area (Å²) in [5, 5.41) is 9.72. The summed E-state index contributed by atoms with van der Waals surface area (Å²) in [7, 11) is 0. The summed E-state index contributed by atoms with van der Waals surface area (Å²) in [6.45, 7) is 2.03. The van der Waals surface area contributed by atoms with Crippen LogP contribution >= 0.6 is 11.8 Å². The molecule has 2 nitrogen and oxygen atoms in total. The molecule has 0 atom stereocenters. The quantitative estimate of drug-likeness (QED) is 0.770. The van der Waals surface area contributed by atoms with Crippen LogP contribution in [0.4, 0.5) is 0 Å². The van der Waals surface area contributed by atoms with E-state index >= 15 is 0 Å². The first-order valence-corrected chi connectivity index (χ1v) is 6.31. The SMILES string of the molecule is Cc1ccc(SCc2ccc(C#N)cc2)nc1. The number of nitrogens with zero attached hydrogens (tertiary/aromatic N) is 2. The van der Waals surface area contributed by atoms with Crippen LogP contribution < -0.4 is 0 Å². The van der Waals surface area contributed by atoms with Crippen molar-refractivity contribution in [1.29, 1.82) is 5.26 Å². The third kappa shape index (κ3) is 3.33. The summed E-state index contributed by atoms with van der Waals surface area (Å²) in [6.07, 6.45) is 1.88. The minimum absolute atomic E-state index is 0.701. The monoisotopic (exact) mass is 240 g/mol. The van der Waals surface area contributed by atoms with Gasteiger partial charge in [-0.05, 0) is 36.2 Å². The largest absolute Gasteiger partial charge is 0.250 e. The summed E-state index contributed by atoms with van der Waals surface area (Å²) >= 11 is 1.70. The van der Waals surface area contributed by atoms with Crippen LogP contribution in [0, 0.1) is 18.3 Å². The molecule has 1 heterocycles. The summed E-state index contributed by atoms with van der Waals surface area (Å²) in [5.74, 6) is 0.877. The van der Waals surface area contributed by atoms with Crippen molar-refractivity contribution in [2.45, 2.75) is 17.7 Å². The van der Waals surface area contributed by atoms with Crippen molar-refractivity contribution in [2.24, 2.45) is 0 Å². The van der Waals surface area contributed by atoms with Crippen LogP contribution in [0.25, 0.3) is 0 Å². The number of aromatic nitrogens is 1. The van der Waals surface area contributed by atoms with Gasteiger partial charge in [0, 0.05) is 11.9 Å². The minimum atomic E-state index is 0.701. The molecule has 1 aromatic heterocycles. The number of aryl methyl sites for hydroxylation is 1. The average molecular weight is 240 g/mol. The highest BCUT2D eigenvalue weighted by Gasteiger charge is 1.98. The Bertz CT molecular complexity index is 524. The molecule has 0 bridgehead atoms.